The third-order valence-corrected chi connectivity index (χ3v) is 6.49. The van der Waals surface area contributed by atoms with Gasteiger partial charge in [-0.2, -0.15) is 0 Å². The summed E-state index contributed by atoms with van der Waals surface area (Å²) in [5, 5.41) is 3.28. The molecule has 0 bridgehead atoms. The van der Waals surface area contributed by atoms with E-state index in [2.05, 4.69) is 66.7 Å². The van der Waals surface area contributed by atoms with Crippen LogP contribution < -0.4 is 0 Å². The summed E-state index contributed by atoms with van der Waals surface area (Å²) in [4.78, 5) is 9.99. The van der Waals surface area contributed by atoms with Gasteiger partial charge in [-0.3, -0.25) is 0 Å². The third kappa shape index (κ3) is 3.29. The molecule has 2 aromatic heterocycles. The second-order valence-electron chi connectivity index (χ2n) is 8.64. The molecule has 0 N–H and O–H groups in total. The number of para-hydroxylation sites is 2. The van der Waals surface area contributed by atoms with Crippen LogP contribution in [0.4, 0.5) is 0 Å². The van der Waals surface area contributed by atoms with Crippen molar-refractivity contribution in [3.8, 4) is 33.8 Å². The monoisotopic (exact) mass is 448 g/mol. The lowest BCUT2D eigenvalue weighted by atomic mass is 9.99. The van der Waals surface area contributed by atoms with E-state index in [1.807, 2.05) is 54.6 Å². The minimum absolute atomic E-state index is 0.719. The third-order valence-electron chi connectivity index (χ3n) is 6.49. The summed E-state index contributed by atoms with van der Waals surface area (Å²) >= 11 is 0. The van der Waals surface area contributed by atoms with Crippen molar-refractivity contribution in [3.05, 3.63) is 121 Å². The van der Waals surface area contributed by atoms with Crippen LogP contribution in [0.25, 0.3) is 66.6 Å². The van der Waals surface area contributed by atoms with Gasteiger partial charge in [-0.25, -0.2) is 9.97 Å². The number of hydrogen-bond donors (Lipinski definition) is 0. The molecule has 0 radical (unpaired) electrons. The maximum Gasteiger partial charge on any atom is 0.160 e. The molecule has 0 saturated heterocycles. The minimum atomic E-state index is 0.719. The zero-order valence-corrected chi connectivity index (χ0v) is 18.8. The molecule has 164 valence electrons. The van der Waals surface area contributed by atoms with Crippen LogP contribution in [0, 0.1) is 0 Å². The van der Waals surface area contributed by atoms with Crippen molar-refractivity contribution in [2.45, 2.75) is 0 Å². The minimum Gasteiger partial charge on any atom is -0.455 e. The van der Waals surface area contributed by atoms with Crippen molar-refractivity contribution in [3.63, 3.8) is 0 Å². The van der Waals surface area contributed by atoms with Gasteiger partial charge in [0.2, 0.25) is 0 Å². The second kappa shape index (κ2) is 7.93. The van der Waals surface area contributed by atoms with Crippen molar-refractivity contribution in [2.75, 3.05) is 0 Å². The van der Waals surface area contributed by atoms with E-state index in [0.717, 1.165) is 66.6 Å². The maximum atomic E-state index is 6.30. The molecule has 3 heteroatoms. The van der Waals surface area contributed by atoms with E-state index in [1.54, 1.807) is 0 Å². The molecule has 0 atom stereocenters. The molecule has 0 fully saturated rings. The number of benzene rings is 5. The first kappa shape index (κ1) is 19.7. The molecule has 7 rings (SSSR count). The van der Waals surface area contributed by atoms with Gasteiger partial charge in [0.25, 0.3) is 0 Å². The van der Waals surface area contributed by atoms with Crippen LogP contribution in [0.15, 0.2) is 126 Å². The topological polar surface area (TPSA) is 38.9 Å². The Morgan fingerprint density at radius 3 is 2.03 bits per heavy atom. The van der Waals surface area contributed by atoms with E-state index >= 15 is 0 Å². The van der Waals surface area contributed by atoms with Crippen LogP contribution in [0.3, 0.4) is 0 Å². The van der Waals surface area contributed by atoms with E-state index in [9.17, 15) is 0 Å². The Balaban J connectivity index is 1.49. The highest BCUT2D eigenvalue weighted by molar-refractivity contribution is 6.10. The largest absolute Gasteiger partial charge is 0.455 e. The zero-order chi connectivity index (χ0) is 23.2. The molecule has 0 amide bonds. The molecular weight excluding hydrogens is 428 g/mol. The molecule has 0 spiro atoms. The quantitative estimate of drug-likeness (QED) is 0.272. The SMILES string of the molecule is c1ccc(-c2nc(-c3ccccc3)c3ccc(-c4cccc5c4oc4ccccc45)cc3n2)cc1. The predicted octanol–water partition coefficient (Wildman–Crippen LogP) is 8.53. The van der Waals surface area contributed by atoms with E-state index in [-0.39, 0.29) is 0 Å². The van der Waals surface area contributed by atoms with Gasteiger partial charge in [-0.1, -0.05) is 103 Å². The number of rotatable bonds is 3. The van der Waals surface area contributed by atoms with E-state index in [0.29, 0.717) is 0 Å². The number of furan rings is 1. The van der Waals surface area contributed by atoms with Crippen LogP contribution in [-0.4, -0.2) is 9.97 Å². The average molecular weight is 449 g/mol. The standard InChI is InChI=1S/C32H20N2O/c1-3-10-21(11-4-1)30-27-19-18-23(20-28(27)33-32(34-30)22-12-5-2-6-13-22)24-15-9-16-26-25-14-7-8-17-29(25)35-31(24)26/h1-20H. The predicted molar refractivity (Wildman–Crippen MR) is 143 cm³/mol. The summed E-state index contributed by atoms with van der Waals surface area (Å²) in [5.41, 5.74) is 7.83. The normalized spacial score (nSPS) is 11.4. The van der Waals surface area contributed by atoms with Crippen molar-refractivity contribution in [1.29, 1.82) is 0 Å². The fourth-order valence-corrected chi connectivity index (χ4v) is 4.80. The fourth-order valence-electron chi connectivity index (χ4n) is 4.80. The molecular formula is C32H20N2O. The molecule has 0 aliphatic carbocycles. The van der Waals surface area contributed by atoms with Crippen molar-refractivity contribution >= 4 is 32.8 Å². The smallest absolute Gasteiger partial charge is 0.160 e. The fraction of sp³-hybridized carbons (Fsp3) is 0. The highest BCUT2D eigenvalue weighted by Gasteiger charge is 2.15. The van der Waals surface area contributed by atoms with E-state index < -0.39 is 0 Å². The van der Waals surface area contributed by atoms with Crippen molar-refractivity contribution < 1.29 is 4.42 Å². The van der Waals surface area contributed by atoms with Gasteiger partial charge in [0.1, 0.15) is 11.2 Å². The molecule has 7 aromatic rings. The first-order chi connectivity index (χ1) is 17.3. The Kier molecular flexibility index (Phi) is 4.46. The Labute approximate surface area is 202 Å². The summed E-state index contributed by atoms with van der Waals surface area (Å²) in [6, 6.07) is 41.4. The molecule has 2 heterocycles. The Morgan fingerprint density at radius 1 is 0.486 bits per heavy atom. The number of fused-ring (bicyclic) bond motifs is 4. The maximum absolute atomic E-state index is 6.30. The van der Waals surface area contributed by atoms with Gasteiger partial charge in [-0.15, -0.1) is 0 Å². The molecule has 5 aromatic carbocycles. The first-order valence-corrected chi connectivity index (χ1v) is 11.7. The van der Waals surface area contributed by atoms with Crippen LogP contribution in [0.5, 0.6) is 0 Å². The van der Waals surface area contributed by atoms with Gasteiger partial charge < -0.3 is 4.42 Å². The Morgan fingerprint density at radius 2 is 1.20 bits per heavy atom. The number of nitrogens with zero attached hydrogens (tertiary/aromatic N) is 2. The van der Waals surface area contributed by atoms with E-state index in [1.165, 1.54) is 0 Å². The van der Waals surface area contributed by atoms with Crippen LogP contribution in [-0.2, 0) is 0 Å². The molecule has 0 aliphatic rings. The van der Waals surface area contributed by atoms with Crippen molar-refractivity contribution in [2.24, 2.45) is 0 Å². The lowest BCUT2D eigenvalue weighted by molar-refractivity contribution is 0.670. The zero-order valence-electron chi connectivity index (χ0n) is 18.8. The van der Waals surface area contributed by atoms with Crippen LogP contribution >= 0.6 is 0 Å². The van der Waals surface area contributed by atoms with E-state index in [4.69, 9.17) is 14.4 Å². The molecule has 35 heavy (non-hydrogen) atoms. The number of hydrogen-bond acceptors (Lipinski definition) is 3. The Hall–Kier alpha value is -4.76. The van der Waals surface area contributed by atoms with Gasteiger partial charge in [0.05, 0.1) is 11.2 Å². The lowest BCUT2D eigenvalue weighted by Crippen LogP contribution is -1.95. The lowest BCUT2D eigenvalue weighted by Gasteiger charge is -2.11. The highest BCUT2D eigenvalue weighted by Crippen LogP contribution is 2.37. The molecule has 3 nitrogen and oxygen atoms in total. The average Bonchev–Trinajstić information content (AvgIpc) is 3.32. The van der Waals surface area contributed by atoms with Gasteiger partial charge in [0.15, 0.2) is 5.82 Å². The summed E-state index contributed by atoms with van der Waals surface area (Å²) in [6.45, 7) is 0. The summed E-state index contributed by atoms with van der Waals surface area (Å²) in [6.07, 6.45) is 0. The molecule has 0 saturated carbocycles. The first-order valence-electron chi connectivity index (χ1n) is 11.7. The summed E-state index contributed by atoms with van der Waals surface area (Å²) in [5.74, 6) is 0.719. The van der Waals surface area contributed by atoms with Gasteiger partial charge in [-0.05, 0) is 23.8 Å². The van der Waals surface area contributed by atoms with Crippen molar-refractivity contribution in [1.82, 2.24) is 9.97 Å². The van der Waals surface area contributed by atoms with Gasteiger partial charge in [0, 0.05) is 32.8 Å². The molecule has 0 unspecified atom stereocenters. The van der Waals surface area contributed by atoms with Crippen LogP contribution in [0.1, 0.15) is 0 Å². The van der Waals surface area contributed by atoms with Crippen LogP contribution in [0.2, 0.25) is 0 Å². The second-order valence-corrected chi connectivity index (χ2v) is 8.64. The highest BCUT2D eigenvalue weighted by atomic mass is 16.3. The number of aromatic nitrogens is 2. The Bertz CT molecular complexity index is 1840. The van der Waals surface area contributed by atoms with Gasteiger partial charge >= 0.3 is 0 Å². The summed E-state index contributed by atoms with van der Waals surface area (Å²) < 4.78 is 6.30. The molecule has 0 aliphatic heterocycles. The summed E-state index contributed by atoms with van der Waals surface area (Å²) in [7, 11) is 0.